The molecule has 0 spiro atoms. The van der Waals surface area contributed by atoms with Gasteiger partial charge in [-0.1, -0.05) is 6.07 Å². The minimum absolute atomic E-state index is 0.0478. The van der Waals surface area contributed by atoms with E-state index in [4.69, 9.17) is 14.6 Å². The van der Waals surface area contributed by atoms with Crippen molar-refractivity contribution >= 4 is 22.4 Å². The van der Waals surface area contributed by atoms with Crippen LogP contribution in [0, 0.1) is 0 Å². The highest BCUT2D eigenvalue weighted by molar-refractivity contribution is 7.13. The quantitative estimate of drug-likeness (QED) is 0.777. The summed E-state index contributed by atoms with van der Waals surface area (Å²) < 4.78 is 10.5. The number of hydrogen-bond acceptors (Lipinski definition) is 6. The zero-order valence-electron chi connectivity index (χ0n) is 12.5. The Balaban J connectivity index is 1.88. The second-order valence-electron chi connectivity index (χ2n) is 4.58. The van der Waals surface area contributed by atoms with Gasteiger partial charge in [-0.15, -0.1) is 11.3 Å². The van der Waals surface area contributed by atoms with Gasteiger partial charge in [-0.05, 0) is 24.1 Å². The molecule has 2 rings (SSSR count). The fourth-order valence-electron chi connectivity index (χ4n) is 1.97. The van der Waals surface area contributed by atoms with Gasteiger partial charge < -0.3 is 19.9 Å². The van der Waals surface area contributed by atoms with Gasteiger partial charge >= 0.3 is 5.97 Å². The molecule has 1 aromatic carbocycles. The molecule has 0 aliphatic heterocycles. The number of carbonyl (C=O) groups is 1. The number of benzene rings is 1. The van der Waals surface area contributed by atoms with Crippen LogP contribution in [0.3, 0.4) is 0 Å². The number of methoxy groups -OCH3 is 2. The molecule has 2 N–H and O–H groups in total. The molecule has 0 bridgehead atoms. The molecule has 0 aliphatic carbocycles. The molecule has 7 heteroatoms. The molecule has 1 aromatic heterocycles. The monoisotopic (exact) mass is 322 g/mol. The van der Waals surface area contributed by atoms with Crippen LogP contribution in [-0.2, 0) is 17.6 Å². The largest absolute Gasteiger partial charge is 0.493 e. The van der Waals surface area contributed by atoms with E-state index in [2.05, 4.69) is 10.3 Å². The number of thiazole rings is 1. The lowest BCUT2D eigenvalue weighted by Crippen LogP contribution is -2.06. The van der Waals surface area contributed by atoms with Crippen molar-refractivity contribution in [3.05, 3.63) is 34.8 Å². The third-order valence-electron chi connectivity index (χ3n) is 3.02. The second kappa shape index (κ2) is 7.65. The Morgan fingerprint density at radius 2 is 2.09 bits per heavy atom. The van der Waals surface area contributed by atoms with Crippen LogP contribution in [0.2, 0.25) is 0 Å². The van der Waals surface area contributed by atoms with Crippen LogP contribution in [0.25, 0.3) is 0 Å². The molecule has 0 unspecified atom stereocenters. The van der Waals surface area contributed by atoms with Crippen molar-refractivity contribution in [3.63, 3.8) is 0 Å². The number of hydrogen-bond donors (Lipinski definition) is 2. The van der Waals surface area contributed by atoms with Crippen molar-refractivity contribution < 1.29 is 19.4 Å². The summed E-state index contributed by atoms with van der Waals surface area (Å²) >= 11 is 1.41. The van der Waals surface area contributed by atoms with E-state index in [1.807, 2.05) is 18.2 Å². The Labute approximate surface area is 132 Å². The van der Waals surface area contributed by atoms with Gasteiger partial charge in [0.1, 0.15) is 0 Å². The normalized spacial score (nSPS) is 10.3. The molecule has 0 radical (unpaired) electrons. The van der Waals surface area contributed by atoms with Crippen LogP contribution in [0.4, 0.5) is 5.13 Å². The smallest absolute Gasteiger partial charge is 0.309 e. The Morgan fingerprint density at radius 1 is 1.32 bits per heavy atom. The van der Waals surface area contributed by atoms with Crippen molar-refractivity contribution in [3.8, 4) is 11.5 Å². The van der Waals surface area contributed by atoms with Crippen LogP contribution < -0.4 is 14.8 Å². The third kappa shape index (κ3) is 4.36. The molecule has 118 valence electrons. The molecule has 0 amide bonds. The summed E-state index contributed by atoms with van der Waals surface area (Å²) in [6.45, 7) is 0.704. The number of anilines is 1. The number of nitrogens with one attached hydrogen (secondary N) is 1. The SMILES string of the molecule is COc1ccc(CCNc2nc(CC(=O)O)cs2)cc1OC. The predicted molar refractivity (Wildman–Crippen MR) is 85.2 cm³/mol. The van der Waals surface area contributed by atoms with Gasteiger partial charge in [0.15, 0.2) is 16.6 Å². The Bertz CT molecular complexity index is 642. The zero-order chi connectivity index (χ0) is 15.9. The molecular formula is C15H18N2O4S. The van der Waals surface area contributed by atoms with E-state index in [1.165, 1.54) is 11.3 Å². The highest BCUT2D eigenvalue weighted by atomic mass is 32.1. The number of rotatable bonds is 8. The highest BCUT2D eigenvalue weighted by Crippen LogP contribution is 2.27. The van der Waals surface area contributed by atoms with Crippen LogP contribution in [0.5, 0.6) is 11.5 Å². The molecular weight excluding hydrogens is 304 g/mol. The van der Waals surface area contributed by atoms with E-state index in [1.54, 1.807) is 19.6 Å². The summed E-state index contributed by atoms with van der Waals surface area (Å²) in [7, 11) is 3.22. The highest BCUT2D eigenvalue weighted by Gasteiger charge is 2.07. The lowest BCUT2D eigenvalue weighted by atomic mass is 10.1. The van der Waals surface area contributed by atoms with Crippen LogP contribution >= 0.6 is 11.3 Å². The van der Waals surface area contributed by atoms with Crippen LogP contribution in [0.1, 0.15) is 11.3 Å². The van der Waals surface area contributed by atoms with Gasteiger partial charge in [-0.2, -0.15) is 0 Å². The molecule has 0 fully saturated rings. The number of aliphatic carboxylic acids is 1. The van der Waals surface area contributed by atoms with E-state index >= 15 is 0 Å². The van der Waals surface area contributed by atoms with Crippen molar-refractivity contribution in [2.45, 2.75) is 12.8 Å². The van der Waals surface area contributed by atoms with Gasteiger partial charge in [0, 0.05) is 11.9 Å². The maximum absolute atomic E-state index is 10.6. The maximum Gasteiger partial charge on any atom is 0.309 e. The fraction of sp³-hybridized carbons (Fsp3) is 0.333. The first-order valence-electron chi connectivity index (χ1n) is 6.73. The Kier molecular flexibility index (Phi) is 5.60. The lowest BCUT2D eigenvalue weighted by Gasteiger charge is -2.09. The summed E-state index contributed by atoms with van der Waals surface area (Å²) in [5, 5.41) is 14.4. The molecule has 0 aliphatic rings. The minimum Gasteiger partial charge on any atom is -0.493 e. The third-order valence-corrected chi connectivity index (χ3v) is 3.87. The van der Waals surface area contributed by atoms with Crippen molar-refractivity contribution in [2.24, 2.45) is 0 Å². The average molecular weight is 322 g/mol. The van der Waals surface area contributed by atoms with Gasteiger partial charge in [0.2, 0.25) is 0 Å². The molecule has 22 heavy (non-hydrogen) atoms. The molecule has 6 nitrogen and oxygen atoms in total. The van der Waals surface area contributed by atoms with E-state index in [-0.39, 0.29) is 6.42 Å². The Hall–Kier alpha value is -2.28. The lowest BCUT2D eigenvalue weighted by molar-refractivity contribution is -0.136. The van der Waals surface area contributed by atoms with E-state index in [0.29, 0.717) is 23.7 Å². The average Bonchev–Trinajstić information content (AvgIpc) is 2.93. The van der Waals surface area contributed by atoms with Crippen LogP contribution in [0.15, 0.2) is 23.6 Å². The number of ether oxygens (including phenoxy) is 2. The second-order valence-corrected chi connectivity index (χ2v) is 5.44. The summed E-state index contributed by atoms with van der Waals surface area (Å²) in [6, 6.07) is 5.81. The first-order chi connectivity index (χ1) is 10.6. The molecule has 0 atom stereocenters. The van der Waals surface area contributed by atoms with E-state index in [0.717, 1.165) is 17.1 Å². The molecule has 0 saturated heterocycles. The van der Waals surface area contributed by atoms with Crippen LogP contribution in [-0.4, -0.2) is 36.8 Å². The maximum atomic E-state index is 10.6. The molecule has 1 heterocycles. The number of nitrogens with zero attached hydrogens (tertiary/aromatic N) is 1. The van der Waals surface area contributed by atoms with Gasteiger partial charge in [-0.25, -0.2) is 4.98 Å². The van der Waals surface area contributed by atoms with E-state index < -0.39 is 5.97 Å². The minimum atomic E-state index is -0.873. The summed E-state index contributed by atoms with van der Waals surface area (Å²) in [5.74, 6) is 0.539. The van der Waals surface area contributed by atoms with Gasteiger partial charge in [0.05, 0.1) is 26.3 Å². The van der Waals surface area contributed by atoms with Crippen molar-refractivity contribution in [1.82, 2.24) is 4.98 Å². The van der Waals surface area contributed by atoms with Crippen molar-refractivity contribution in [1.29, 1.82) is 0 Å². The van der Waals surface area contributed by atoms with Gasteiger partial charge in [0.25, 0.3) is 0 Å². The Morgan fingerprint density at radius 3 is 2.77 bits per heavy atom. The number of carboxylic acid groups (broad SMARTS) is 1. The summed E-state index contributed by atoms with van der Waals surface area (Å²) in [4.78, 5) is 14.8. The standard InChI is InChI=1S/C15H18N2O4S/c1-20-12-4-3-10(7-13(12)21-2)5-6-16-15-17-11(9-22-15)8-14(18)19/h3-4,7,9H,5-6,8H2,1-2H3,(H,16,17)(H,18,19). The summed E-state index contributed by atoms with van der Waals surface area (Å²) in [6.07, 6.45) is 0.752. The summed E-state index contributed by atoms with van der Waals surface area (Å²) in [5.41, 5.74) is 1.69. The first kappa shape index (κ1) is 16.1. The van der Waals surface area contributed by atoms with Gasteiger partial charge in [-0.3, -0.25) is 4.79 Å². The fourth-order valence-corrected chi connectivity index (χ4v) is 2.71. The molecule has 0 saturated carbocycles. The van der Waals surface area contributed by atoms with E-state index in [9.17, 15) is 4.79 Å². The predicted octanol–water partition coefficient (Wildman–Crippen LogP) is 2.44. The van der Waals surface area contributed by atoms with Crippen molar-refractivity contribution in [2.75, 3.05) is 26.1 Å². The molecule has 2 aromatic rings. The zero-order valence-corrected chi connectivity index (χ0v) is 13.3. The number of carboxylic acids is 1. The number of aromatic nitrogens is 1. The topological polar surface area (TPSA) is 80.7 Å². The first-order valence-corrected chi connectivity index (χ1v) is 7.61.